The lowest BCUT2D eigenvalue weighted by Gasteiger charge is -2.13. The van der Waals surface area contributed by atoms with Gasteiger partial charge in [0, 0.05) is 9.90 Å². The Bertz CT molecular complexity index is 534. The number of hydrogen-bond donors (Lipinski definition) is 1. The highest BCUT2D eigenvalue weighted by Crippen LogP contribution is 2.37. The van der Waals surface area contributed by atoms with Gasteiger partial charge in [-0.2, -0.15) is 0 Å². The van der Waals surface area contributed by atoms with E-state index in [0.717, 1.165) is 19.8 Å². The topological polar surface area (TPSA) is 26.0 Å². The molecule has 1 aromatic carbocycles. The Hall–Kier alpha value is -0.0600. The van der Waals surface area contributed by atoms with E-state index in [1.807, 2.05) is 31.2 Å². The molecule has 0 aliphatic heterocycles. The molecule has 0 bridgehead atoms. The van der Waals surface area contributed by atoms with Crippen molar-refractivity contribution in [2.24, 2.45) is 5.73 Å². The molecule has 0 amide bonds. The van der Waals surface area contributed by atoms with Crippen LogP contribution in [-0.4, -0.2) is 0 Å². The Morgan fingerprint density at radius 1 is 1.29 bits per heavy atom. The minimum absolute atomic E-state index is 0.192. The van der Waals surface area contributed by atoms with Crippen LogP contribution in [0.1, 0.15) is 22.0 Å². The van der Waals surface area contributed by atoms with E-state index in [4.69, 9.17) is 28.9 Å². The third kappa shape index (κ3) is 2.85. The maximum Gasteiger partial charge on any atom is 0.0888 e. The van der Waals surface area contributed by atoms with E-state index in [1.54, 1.807) is 11.3 Å². The molecule has 1 nitrogen and oxygen atoms in total. The largest absolute Gasteiger partial charge is 0.320 e. The molecular weight excluding hydrogens is 341 g/mol. The summed E-state index contributed by atoms with van der Waals surface area (Å²) in [6, 6.07) is 7.44. The van der Waals surface area contributed by atoms with Gasteiger partial charge >= 0.3 is 0 Å². The molecule has 90 valence electrons. The first-order chi connectivity index (χ1) is 7.99. The second kappa shape index (κ2) is 5.29. The van der Waals surface area contributed by atoms with E-state index in [-0.39, 0.29) is 6.04 Å². The number of aryl methyl sites for hydroxylation is 1. The number of nitrogens with two attached hydrogens (primary N) is 1. The summed E-state index contributed by atoms with van der Waals surface area (Å²) in [5.41, 5.74) is 8.40. The van der Waals surface area contributed by atoms with E-state index < -0.39 is 0 Å². The molecule has 0 aliphatic carbocycles. The number of rotatable bonds is 2. The predicted molar refractivity (Wildman–Crippen MR) is 79.2 cm³/mol. The van der Waals surface area contributed by atoms with E-state index in [0.29, 0.717) is 10.0 Å². The Labute approximate surface area is 123 Å². The maximum atomic E-state index is 6.24. The highest BCUT2D eigenvalue weighted by Gasteiger charge is 2.16. The molecule has 5 heteroatoms. The molecule has 0 saturated carbocycles. The minimum Gasteiger partial charge on any atom is -0.320 e. The fourth-order valence-electron chi connectivity index (χ4n) is 1.62. The van der Waals surface area contributed by atoms with Gasteiger partial charge in [-0.1, -0.05) is 29.3 Å². The van der Waals surface area contributed by atoms with E-state index in [1.165, 1.54) is 0 Å². The summed E-state index contributed by atoms with van der Waals surface area (Å²) in [7, 11) is 0. The van der Waals surface area contributed by atoms with Crippen LogP contribution in [0.4, 0.5) is 0 Å². The zero-order valence-electron chi connectivity index (χ0n) is 9.01. The van der Waals surface area contributed by atoms with Gasteiger partial charge in [0.1, 0.15) is 0 Å². The van der Waals surface area contributed by atoms with Crippen LogP contribution in [0.3, 0.4) is 0 Å². The molecule has 1 aromatic heterocycles. The molecule has 0 fully saturated rings. The van der Waals surface area contributed by atoms with Crippen molar-refractivity contribution >= 4 is 50.5 Å². The predicted octanol–water partition coefficient (Wildman–Crippen LogP) is 5.17. The summed E-state index contributed by atoms with van der Waals surface area (Å²) in [5, 5.41) is 1.39. The first-order valence-corrected chi connectivity index (χ1v) is 7.32. The third-order valence-electron chi connectivity index (χ3n) is 2.55. The van der Waals surface area contributed by atoms with Gasteiger partial charge < -0.3 is 5.73 Å². The van der Waals surface area contributed by atoms with E-state index in [2.05, 4.69) is 15.9 Å². The van der Waals surface area contributed by atoms with Gasteiger partial charge in [0.25, 0.3) is 0 Å². The van der Waals surface area contributed by atoms with Crippen LogP contribution in [0.25, 0.3) is 0 Å². The van der Waals surface area contributed by atoms with Crippen molar-refractivity contribution in [3.63, 3.8) is 0 Å². The van der Waals surface area contributed by atoms with Gasteiger partial charge in [-0.15, -0.1) is 11.3 Å². The lowest BCUT2D eigenvalue weighted by atomic mass is 10.0. The summed E-state index contributed by atoms with van der Waals surface area (Å²) in [4.78, 5) is 1.02. The van der Waals surface area contributed by atoms with Gasteiger partial charge in [-0.05, 0) is 52.2 Å². The normalized spacial score (nSPS) is 12.8. The lowest BCUT2D eigenvalue weighted by Crippen LogP contribution is -2.11. The molecule has 17 heavy (non-hydrogen) atoms. The summed E-state index contributed by atoms with van der Waals surface area (Å²) in [5.74, 6) is 0. The first kappa shape index (κ1) is 13.4. The molecule has 2 N–H and O–H groups in total. The van der Waals surface area contributed by atoms with Gasteiger partial charge in [-0.3, -0.25) is 0 Å². The van der Waals surface area contributed by atoms with Gasteiger partial charge in [-0.25, -0.2) is 0 Å². The monoisotopic (exact) mass is 349 g/mol. The van der Waals surface area contributed by atoms with Crippen molar-refractivity contribution in [1.82, 2.24) is 0 Å². The summed E-state index contributed by atoms with van der Waals surface area (Å²) < 4.78 is 0.907. The molecule has 0 spiro atoms. The smallest absolute Gasteiger partial charge is 0.0888 e. The number of hydrogen-bond acceptors (Lipinski definition) is 2. The second-order valence-corrected chi connectivity index (χ2v) is 6.99. The van der Waals surface area contributed by atoms with E-state index in [9.17, 15) is 0 Å². The Kier molecular flexibility index (Phi) is 4.16. The summed E-state index contributed by atoms with van der Waals surface area (Å²) in [6.45, 7) is 2.02. The summed E-state index contributed by atoms with van der Waals surface area (Å²) in [6.07, 6.45) is 0. The van der Waals surface area contributed by atoms with Crippen molar-refractivity contribution in [2.45, 2.75) is 13.0 Å². The van der Waals surface area contributed by atoms with Gasteiger partial charge in [0.05, 0.1) is 14.9 Å². The number of halogens is 3. The maximum absolute atomic E-state index is 6.24. The molecule has 0 aliphatic rings. The van der Waals surface area contributed by atoms with Gasteiger partial charge in [0.2, 0.25) is 0 Å². The molecule has 1 atom stereocenters. The van der Waals surface area contributed by atoms with Crippen molar-refractivity contribution in [2.75, 3.05) is 0 Å². The molecule has 1 unspecified atom stereocenters. The van der Waals surface area contributed by atoms with Crippen LogP contribution < -0.4 is 5.73 Å². The van der Waals surface area contributed by atoms with Crippen LogP contribution in [0.2, 0.25) is 10.0 Å². The second-order valence-electron chi connectivity index (χ2n) is 3.75. The zero-order valence-corrected chi connectivity index (χ0v) is 12.9. The quantitative estimate of drug-likeness (QED) is 0.793. The van der Waals surface area contributed by atoms with Crippen molar-refractivity contribution in [3.05, 3.63) is 54.1 Å². The zero-order chi connectivity index (χ0) is 12.6. The van der Waals surface area contributed by atoms with Gasteiger partial charge in [0.15, 0.2) is 0 Å². The van der Waals surface area contributed by atoms with Crippen molar-refractivity contribution < 1.29 is 0 Å². The Morgan fingerprint density at radius 3 is 2.59 bits per heavy atom. The van der Waals surface area contributed by atoms with Crippen LogP contribution in [0, 0.1) is 6.92 Å². The number of thiophene rings is 1. The highest BCUT2D eigenvalue weighted by molar-refractivity contribution is 9.11. The minimum atomic E-state index is -0.192. The molecule has 0 saturated heterocycles. The van der Waals surface area contributed by atoms with Crippen LogP contribution >= 0.6 is 50.5 Å². The molecule has 2 rings (SSSR count). The van der Waals surface area contributed by atoms with E-state index >= 15 is 0 Å². The Morgan fingerprint density at radius 2 is 2.00 bits per heavy atom. The van der Waals surface area contributed by atoms with Crippen molar-refractivity contribution in [3.8, 4) is 0 Å². The Balaban J connectivity index is 2.42. The average Bonchev–Trinajstić information content (AvgIpc) is 2.62. The van der Waals surface area contributed by atoms with Crippen LogP contribution in [0.5, 0.6) is 0 Å². The molecular formula is C12H10BrCl2NS. The molecule has 2 aromatic rings. The average molecular weight is 351 g/mol. The SMILES string of the molecule is Cc1ccc(Cl)cc1C(N)c1cc(Cl)c(Br)s1. The molecule has 0 radical (unpaired) electrons. The number of benzene rings is 1. The fourth-order valence-corrected chi connectivity index (χ4v) is 3.56. The van der Waals surface area contributed by atoms with Crippen LogP contribution in [-0.2, 0) is 0 Å². The standard InChI is InChI=1S/C12H10BrCl2NS/c1-6-2-3-7(14)4-8(6)11(16)10-5-9(15)12(13)17-10/h2-5,11H,16H2,1H3. The fraction of sp³-hybridized carbons (Fsp3) is 0.167. The third-order valence-corrected chi connectivity index (χ3v) is 5.34. The van der Waals surface area contributed by atoms with Crippen molar-refractivity contribution in [1.29, 1.82) is 0 Å². The molecule has 1 heterocycles. The summed E-state index contributed by atoms with van der Waals surface area (Å²) >= 11 is 17.0. The highest BCUT2D eigenvalue weighted by atomic mass is 79.9. The first-order valence-electron chi connectivity index (χ1n) is 4.95. The van der Waals surface area contributed by atoms with Crippen LogP contribution in [0.15, 0.2) is 28.1 Å². The lowest BCUT2D eigenvalue weighted by molar-refractivity contribution is 0.883.